The van der Waals surface area contributed by atoms with Crippen molar-refractivity contribution in [1.29, 1.82) is 0 Å². The Morgan fingerprint density at radius 1 is 1.29 bits per heavy atom. The van der Waals surface area contributed by atoms with Crippen LogP contribution in [0.5, 0.6) is 0 Å². The Hall–Kier alpha value is -0.570. The van der Waals surface area contributed by atoms with Crippen LogP contribution < -0.4 is 5.32 Å². The van der Waals surface area contributed by atoms with Crippen molar-refractivity contribution in [1.82, 2.24) is 5.32 Å². The van der Waals surface area contributed by atoms with Crippen LogP contribution in [0.25, 0.3) is 10.1 Å². The molecular weight excluding hydrogens is 250 g/mol. The van der Waals surface area contributed by atoms with Gasteiger partial charge in [0.15, 0.2) is 0 Å². The molecule has 1 nitrogen and oxygen atoms in total. The van der Waals surface area contributed by atoms with Gasteiger partial charge in [-0.2, -0.15) is 0 Å². The van der Waals surface area contributed by atoms with E-state index >= 15 is 0 Å². The van der Waals surface area contributed by atoms with Crippen molar-refractivity contribution in [2.75, 3.05) is 6.54 Å². The number of hydrogen-bond acceptors (Lipinski definition) is 2. The van der Waals surface area contributed by atoms with E-state index in [9.17, 15) is 0 Å². The average molecular weight is 266 g/mol. The van der Waals surface area contributed by atoms with Gasteiger partial charge in [0.2, 0.25) is 0 Å². The van der Waals surface area contributed by atoms with E-state index in [-0.39, 0.29) is 0 Å². The first-order valence-electron chi connectivity index (χ1n) is 6.21. The summed E-state index contributed by atoms with van der Waals surface area (Å²) < 4.78 is 1.29. The molecule has 0 unspecified atom stereocenters. The van der Waals surface area contributed by atoms with E-state index < -0.39 is 0 Å². The quantitative estimate of drug-likeness (QED) is 0.788. The predicted octanol–water partition coefficient (Wildman–Crippen LogP) is 4.44. The van der Waals surface area contributed by atoms with E-state index in [2.05, 4.69) is 23.5 Å². The molecule has 0 amide bonds. The average Bonchev–Trinajstić information content (AvgIpc) is 3.12. The summed E-state index contributed by atoms with van der Waals surface area (Å²) in [6.07, 6.45) is 4.19. The van der Waals surface area contributed by atoms with E-state index in [1.807, 2.05) is 6.07 Å². The third kappa shape index (κ3) is 2.65. The molecular formula is C14H16ClNS. The molecule has 0 aliphatic heterocycles. The molecule has 1 aromatic carbocycles. The van der Waals surface area contributed by atoms with Crippen molar-refractivity contribution >= 4 is 33.0 Å². The van der Waals surface area contributed by atoms with Crippen molar-refractivity contribution in [2.24, 2.45) is 5.92 Å². The summed E-state index contributed by atoms with van der Waals surface area (Å²) in [6, 6.07) is 8.35. The first kappa shape index (κ1) is 11.5. The maximum absolute atomic E-state index is 6.38. The molecule has 1 fully saturated rings. The van der Waals surface area contributed by atoms with E-state index in [1.54, 1.807) is 11.3 Å². The van der Waals surface area contributed by atoms with Crippen LogP contribution in [0.3, 0.4) is 0 Å². The Bertz CT molecular complexity index is 516. The normalized spacial score (nSPS) is 15.6. The summed E-state index contributed by atoms with van der Waals surface area (Å²) in [5.74, 6) is 1.00. The molecule has 1 heterocycles. The molecule has 90 valence electrons. The van der Waals surface area contributed by atoms with E-state index in [1.165, 1.54) is 34.2 Å². The second-order valence-electron chi connectivity index (χ2n) is 4.74. The standard InChI is InChI=1S/C14H16ClNS/c15-14-11-3-1-2-4-12(11)17-13(14)9-16-8-7-10-5-6-10/h1-4,10,16H,5-9H2. The zero-order chi connectivity index (χ0) is 11.7. The minimum atomic E-state index is 0.908. The number of hydrogen-bond donors (Lipinski definition) is 1. The zero-order valence-corrected chi connectivity index (χ0v) is 11.3. The van der Waals surface area contributed by atoms with Gasteiger partial charge in [0, 0.05) is 21.5 Å². The molecule has 3 rings (SSSR count). The summed E-state index contributed by atoms with van der Waals surface area (Å²) in [4.78, 5) is 1.27. The predicted molar refractivity (Wildman–Crippen MR) is 75.9 cm³/mol. The Balaban J connectivity index is 1.65. The zero-order valence-electron chi connectivity index (χ0n) is 9.71. The van der Waals surface area contributed by atoms with Crippen LogP contribution in [0.4, 0.5) is 0 Å². The number of thiophene rings is 1. The molecule has 17 heavy (non-hydrogen) atoms. The number of benzene rings is 1. The molecule has 2 aromatic rings. The minimum Gasteiger partial charge on any atom is -0.312 e. The Morgan fingerprint density at radius 3 is 2.88 bits per heavy atom. The first-order valence-corrected chi connectivity index (χ1v) is 7.40. The van der Waals surface area contributed by atoms with Crippen LogP contribution in [0.2, 0.25) is 5.02 Å². The fraction of sp³-hybridized carbons (Fsp3) is 0.429. The lowest BCUT2D eigenvalue weighted by Gasteiger charge is -2.02. The molecule has 1 aromatic heterocycles. The summed E-state index contributed by atoms with van der Waals surface area (Å²) >= 11 is 8.19. The van der Waals surface area contributed by atoms with E-state index in [4.69, 9.17) is 11.6 Å². The summed E-state index contributed by atoms with van der Waals surface area (Å²) in [7, 11) is 0. The number of fused-ring (bicyclic) bond motifs is 1. The lowest BCUT2D eigenvalue weighted by Crippen LogP contribution is -2.14. The Kier molecular flexibility index (Phi) is 3.37. The van der Waals surface area contributed by atoms with Crippen LogP contribution in [-0.4, -0.2) is 6.54 Å². The van der Waals surface area contributed by atoms with Gasteiger partial charge < -0.3 is 5.32 Å². The van der Waals surface area contributed by atoms with Gasteiger partial charge in [0.25, 0.3) is 0 Å². The number of halogens is 1. The largest absolute Gasteiger partial charge is 0.312 e. The summed E-state index contributed by atoms with van der Waals surface area (Å²) in [5.41, 5.74) is 0. The number of nitrogens with one attached hydrogen (secondary N) is 1. The smallest absolute Gasteiger partial charge is 0.0636 e. The van der Waals surface area contributed by atoms with Crippen molar-refractivity contribution in [3.05, 3.63) is 34.2 Å². The maximum Gasteiger partial charge on any atom is 0.0636 e. The van der Waals surface area contributed by atoms with Crippen molar-refractivity contribution in [2.45, 2.75) is 25.8 Å². The van der Waals surface area contributed by atoms with Gasteiger partial charge in [0.05, 0.1) is 5.02 Å². The molecule has 1 aliphatic carbocycles. The van der Waals surface area contributed by atoms with E-state index in [0.29, 0.717) is 0 Å². The fourth-order valence-electron chi connectivity index (χ4n) is 2.09. The van der Waals surface area contributed by atoms with Gasteiger partial charge in [-0.05, 0) is 24.9 Å². The highest BCUT2D eigenvalue weighted by atomic mass is 35.5. The van der Waals surface area contributed by atoms with Crippen molar-refractivity contribution in [3.8, 4) is 0 Å². The third-order valence-electron chi connectivity index (χ3n) is 3.31. The van der Waals surface area contributed by atoms with Crippen LogP contribution in [0.15, 0.2) is 24.3 Å². The molecule has 0 saturated heterocycles. The Labute approximate surface area is 111 Å². The molecule has 0 spiro atoms. The highest BCUT2D eigenvalue weighted by molar-refractivity contribution is 7.19. The Morgan fingerprint density at radius 2 is 2.12 bits per heavy atom. The summed E-state index contributed by atoms with van der Waals surface area (Å²) in [6.45, 7) is 2.03. The fourth-order valence-corrected chi connectivity index (χ4v) is 3.56. The first-order chi connectivity index (χ1) is 8.34. The number of rotatable bonds is 5. The SMILES string of the molecule is Clc1c(CNCCC2CC2)sc2ccccc12. The van der Waals surface area contributed by atoms with E-state index in [0.717, 1.165) is 24.0 Å². The topological polar surface area (TPSA) is 12.0 Å². The highest BCUT2D eigenvalue weighted by Crippen LogP contribution is 2.35. The summed E-state index contributed by atoms with van der Waals surface area (Å²) in [5, 5.41) is 5.63. The van der Waals surface area contributed by atoms with Gasteiger partial charge in [-0.15, -0.1) is 11.3 Å². The van der Waals surface area contributed by atoms with Gasteiger partial charge in [-0.3, -0.25) is 0 Å². The van der Waals surface area contributed by atoms with Crippen LogP contribution in [0.1, 0.15) is 24.1 Å². The van der Waals surface area contributed by atoms with Crippen LogP contribution in [-0.2, 0) is 6.54 Å². The third-order valence-corrected chi connectivity index (χ3v) is 5.03. The minimum absolute atomic E-state index is 0.908. The van der Waals surface area contributed by atoms with Crippen molar-refractivity contribution in [3.63, 3.8) is 0 Å². The van der Waals surface area contributed by atoms with Crippen LogP contribution in [0, 0.1) is 5.92 Å². The monoisotopic (exact) mass is 265 g/mol. The molecule has 0 atom stereocenters. The van der Waals surface area contributed by atoms with Crippen molar-refractivity contribution < 1.29 is 0 Å². The van der Waals surface area contributed by atoms with Gasteiger partial charge in [-0.25, -0.2) is 0 Å². The molecule has 0 bridgehead atoms. The molecule has 1 N–H and O–H groups in total. The molecule has 0 radical (unpaired) electrons. The second-order valence-corrected chi connectivity index (χ2v) is 6.26. The molecule has 1 aliphatic rings. The van der Waals surface area contributed by atoms with Gasteiger partial charge in [0.1, 0.15) is 0 Å². The molecule has 3 heteroatoms. The van der Waals surface area contributed by atoms with Crippen LogP contribution >= 0.6 is 22.9 Å². The maximum atomic E-state index is 6.38. The second kappa shape index (κ2) is 4.97. The molecule has 1 saturated carbocycles. The van der Waals surface area contributed by atoms with Gasteiger partial charge in [-0.1, -0.05) is 42.6 Å². The lowest BCUT2D eigenvalue weighted by molar-refractivity contribution is 0.616. The highest BCUT2D eigenvalue weighted by Gasteiger charge is 2.20. The van der Waals surface area contributed by atoms with Gasteiger partial charge >= 0.3 is 0 Å². The lowest BCUT2D eigenvalue weighted by atomic mass is 10.2.